The molecule has 1 aromatic rings. The van der Waals surface area contributed by atoms with E-state index in [0.29, 0.717) is 19.3 Å². The van der Waals surface area contributed by atoms with E-state index in [-0.39, 0.29) is 11.7 Å². The molecule has 0 heterocycles. The molecule has 3 heteroatoms. The van der Waals surface area contributed by atoms with E-state index in [1.165, 1.54) is 6.07 Å². The van der Waals surface area contributed by atoms with E-state index >= 15 is 0 Å². The minimum Gasteiger partial charge on any atom is -0.300 e. The second-order valence-corrected chi connectivity index (χ2v) is 4.21. The van der Waals surface area contributed by atoms with Gasteiger partial charge in [0.1, 0.15) is 5.78 Å². The minimum absolute atomic E-state index is 0.126. The number of hydrogen-bond donors (Lipinski definition) is 0. The van der Waals surface area contributed by atoms with E-state index in [0.717, 1.165) is 18.1 Å². The summed E-state index contributed by atoms with van der Waals surface area (Å²) in [5.74, 6) is -1.30. The van der Waals surface area contributed by atoms with Crippen molar-refractivity contribution >= 4 is 5.78 Å². The van der Waals surface area contributed by atoms with Gasteiger partial charge in [-0.05, 0) is 36.5 Å². The fraction of sp³-hybridized carbons (Fsp3) is 0.500. The van der Waals surface area contributed by atoms with Gasteiger partial charge in [-0.15, -0.1) is 0 Å². The van der Waals surface area contributed by atoms with Gasteiger partial charge < -0.3 is 0 Å². The van der Waals surface area contributed by atoms with Gasteiger partial charge in [0.2, 0.25) is 0 Å². The highest BCUT2D eigenvalue weighted by Crippen LogP contribution is 2.26. The second kappa shape index (κ2) is 6.48. The molecule has 17 heavy (non-hydrogen) atoms. The third-order valence-corrected chi connectivity index (χ3v) is 3.07. The molecule has 0 radical (unpaired) electrons. The van der Waals surface area contributed by atoms with E-state index in [1.54, 1.807) is 6.07 Å². The topological polar surface area (TPSA) is 17.1 Å². The van der Waals surface area contributed by atoms with Crippen molar-refractivity contribution in [2.45, 2.75) is 45.4 Å². The average molecular weight is 240 g/mol. The van der Waals surface area contributed by atoms with Crippen LogP contribution in [-0.4, -0.2) is 5.78 Å². The largest absolute Gasteiger partial charge is 0.300 e. The fourth-order valence-electron chi connectivity index (χ4n) is 1.88. The zero-order chi connectivity index (χ0) is 12.8. The molecule has 0 N–H and O–H groups in total. The predicted molar refractivity (Wildman–Crippen MR) is 63.9 cm³/mol. The third kappa shape index (κ3) is 3.91. The number of carbonyl (C=O) groups excluding carboxylic acids is 1. The van der Waals surface area contributed by atoms with Crippen molar-refractivity contribution in [3.63, 3.8) is 0 Å². The average Bonchev–Trinajstić information content (AvgIpc) is 2.33. The Morgan fingerprint density at radius 2 is 1.94 bits per heavy atom. The Morgan fingerprint density at radius 3 is 2.47 bits per heavy atom. The van der Waals surface area contributed by atoms with Gasteiger partial charge in [-0.25, -0.2) is 8.78 Å². The molecular formula is C14H18F2O. The molecule has 1 rings (SSSR count). The first-order valence-electron chi connectivity index (χ1n) is 6.05. The molecule has 1 nitrogen and oxygen atoms in total. The molecule has 0 aliphatic carbocycles. The molecule has 1 unspecified atom stereocenters. The van der Waals surface area contributed by atoms with Crippen LogP contribution in [0.2, 0.25) is 0 Å². The molecule has 0 saturated carbocycles. The molecular weight excluding hydrogens is 222 g/mol. The SMILES string of the molecule is CCC(=O)CCC(CC)c1ccc(F)c(F)c1. The molecule has 0 amide bonds. The number of carbonyl (C=O) groups is 1. The molecule has 0 aliphatic rings. The predicted octanol–water partition coefficient (Wildman–Crippen LogP) is 4.22. The van der Waals surface area contributed by atoms with E-state index in [2.05, 4.69) is 0 Å². The number of hydrogen-bond acceptors (Lipinski definition) is 1. The van der Waals surface area contributed by atoms with Crippen LogP contribution < -0.4 is 0 Å². The summed E-state index contributed by atoms with van der Waals surface area (Å²) in [6, 6.07) is 3.98. The van der Waals surface area contributed by atoms with Crippen LogP contribution in [0.15, 0.2) is 18.2 Å². The first-order valence-corrected chi connectivity index (χ1v) is 6.05. The third-order valence-electron chi connectivity index (χ3n) is 3.07. The Morgan fingerprint density at radius 1 is 1.24 bits per heavy atom. The number of ketones is 1. The molecule has 0 bridgehead atoms. The van der Waals surface area contributed by atoms with E-state index in [1.807, 2.05) is 13.8 Å². The lowest BCUT2D eigenvalue weighted by Gasteiger charge is -2.14. The van der Waals surface area contributed by atoms with Crippen molar-refractivity contribution < 1.29 is 13.6 Å². The Hall–Kier alpha value is -1.25. The van der Waals surface area contributed by atoms with Crippen LogP contribution in [-0.2, 0) is 4.79 Å². The summed E-state index contributed by atoms with van der Waals surface area (Å²) in [5.41, 5.74) is 0.773. The Labute approximate surface area is 101 Å². The van der Waals surface area contributed by atoms with Gasteiger partial charge in [-0.1, -0.05) is 19.9 Å². The summed E-state index contributed by atoms with van der Waals surface area (Å²) in [6.45, 7) is 3.82. The van der Waals surface area contributed by atoms with Crippen LogP contribution in [0.5, 0.6) is 0 Å². The van der Waals surface area contributed by atoms with Crippen LogP contribution >= 0.6 is 0 Å². The maximum absolute atomic E-state index is 13.1. The highest BCUT2D eigenvalue weighted by molar-refractivity contribution is 5.78. The van der Waals surface area contributed by atoms with Crippen molar-refractivity contribution in [2.24, 2.45) is 0 Å². The molecule has 0 aromatic heterocycles. The summed E-state index contributed by atoms with van der Waals surface area (Å²) in [6.07, 6.45) is 2.57. The van der Waals surface area contributed by atoms with E-state index < -0.39 is 11.6 Å². The summed E-state index contributed by atoms with van der Waals surface area (Å²) in [5, 5.41) is 0. The van der Waals surface area contributed by atoms with E-state index in [4.69, 9.17) is 0 Å². The molecule has 0 saturated heterocycles. The van der Waals surface area contributed by atoms with Crippen molar-refractivity contribution in [2.75, 3.05) is 0 Å². The van der Waals surface area contributed by atoms with Crippen molar-refractivity contribution in [1.29, 1.82) is 0 Å². The molecule has 1 aromatic carbocycles. The van der Waals surface area contributed by atoms with Gasteiger partial charge in [0.05, 0.1) is 0 Å². The second-order valence-electron chi connectivity index (χ2n) is 4.21. The van der Waals surface area contributed by atoms with Gasteiger partial charge in [0, 0.05) is 12.8 Å². The summed E-state index contributed by atoms with van der Waals surface area (Å²) in [7, 11) is 0. The Kier molecular flexibility index (Phi) is 5.26. The van der Waals surface area contributed by atoms with Gasteiger partial charge in [0.25, 0.3) is 0 Å². The lowest BCUT2D eigenvalue weighted by Crippen LogP contribution is -2.03. The number of rotatable bonds is 6. The smallest absolute Gasteiger partial charge is 0.159 e. The Bertz CT molecular complexity index is 388. The van der Waals surface area contributed by atoms with Gasteiger partial charge in [-0.3, -0.25) is 4.79 Å². The number of benzene rings is 1. The standard InChI is InChI=1S/C14H18F2O/c1-3-10(5-7-12(17)4-2)11-6-8-13(15)14(16)9-11/h6,8-10H,3-5,7H2,1-2H3. The normalized spacial score (nSPS) is 12.5. The first kappa shape index (κ1) is 13.8. The van der Waals surface area contributed by atoms with Gasteiger partial charge in [0.15, 0.2) is 11.6 Å². The molecule has 0 spiro atoms. The first-order chi connectivity index (χ1) is 8.08. The van der Waals surface area contributed by atoms with E-state index in [9.17, 15) is 13.6 Å². The lowest BCUT2D eigenvalue weighted by molar-refractivity contribution is -0.118. The van der Waals surface area contributed by atoms with Gasteiger partial charge >= 0.3 is 0 Å². The van der Waals surface area contributed by atoms with Crippen LogP contribution in [0.25, 0.3) is 0 Å². The highest BCUT2D eigenvalue weighted by Gasteiger charge is 2.13. The molecule has 1 atom stereocenters. The fourth-order valence-corrected chi connectivity index (χ4v) is 1.88. The van der Waals surface area contributed by atoms with Crippen LogP contribution in [0.3, 0.4) is 0 Å². The maximum Gasteiger partial charge on any atom is 0.159 e. The van der Waals surface area contributed by atoms with Crippen LogP contribution in [0.1, 0.15) is 51.0 Å². The number of Topliss-reactive ketones (excluding diaryl/α,β-unsaturated/α-hetero) is 1. The zero-order valence-electron chi connectivity index (χ0n) is 10.3. The molecule has 94 valence electrons. The van der Waals surface area contributed by atoms with Crippen molar-refractivity contribution in [1.82, 2.24) is 0 Å². The monoisotopic (exact) mass is 240 g/mol. The Balaban J connectivity index is 2.72. The number of halogens is 2. The quantitative estimate of drug-likeness (QED) is 0.727. The van der Waals surface area contributed by atoms with Crippen molar-refractivity contribution in [3.05, 3.63) is 35.4 Å². The van der Waals surface area contributed by atoms with Crippen molar-refractivity contribution in [3.8, 4) is 0 Å². The molecule has 0 fully saturated rings. The minimum atomic E-state index is -0.826. The summed E-state index contributed by atoms with van der Waals surface area (Å²) < 4.78 is 25.9. The summed E-state index contributed by atoms with van der Waals surface area (Å²) in [4.78, 5) is 11.3. The van der Waals surface area contributed by atoms with Crippen LogP contribution in [0.4, 0.5) is 8.78 Å². The highest BCUT2D eigenvalue weighted by atomic mass is 19.2. The zero-order valence-corrected chi connectivity index (χ0v) is 10.3. The van der Waals surface area contributed by atoms with Crippen LogP contribution in [0, 0.1) is 11.6 Å². The lowest BCUT2D eigenvalue weighted by atomic mass is 9.90. The molecule has 0 aliphatic heterocycles. The maximum atomic E-state index is 13.1. The van der Waals surface area contributed by atoms with Gasteiger partial charge in [-0.2, -0.15) is 0 Å². The summed E-state index contributed by atoms with van der Waals surface area (Å²) >= 11 is 0.